The Morgan fingerprint density at radius 2 is 1.70 bits per heavy atom. The van der Waals surface area contributed by atoms with Crippen molar-refractivity contribution in [1.29, 1.82) is 0 Å². The van der Waals surface area contributed by atoms with Gasteiger partial charge in [0.1, 0.15) is 11.8 Å². The number of methoxy groups -OCH3 is 1. The number of nitrogens with one attached hydrogen (secondary N) is 2. The standard InChI is InChI=1S/C18H28N2O3/c1-12(2)10-13(3)17(21)20-16(18(22)19-4)11-14-6-8-15(23-5)9-7-14/h6-9,12-13,16H,10-11H2,1-5H3,(H,19,22)(H,20,21). The molecule has 0 saturated carbocycles. The molecule has 0 spiro atoms. The summed E-state index contributed by atoms with van der Waals surface area (Å²) in [5, 5.41) is 5.48. The topological polar surface area (TPSA) is 67.4 Å². The van der Waals surface area contributed by atoms with Crippen molar-refractivity contribution in [3.63, 3.8) is 0 Å². The normalized spacial score (nSPS) is 13.3. The highest BCUT2D eigenvalue weighted by molar-refractivity contribution is 5.88. The lowest BCUT2D eigenvalue weighted by Crippen LogP contribution is -2.48. The van der Waals surface area contributed by atoms with Gasteiger partial charge in [0.2, 0.25) is 11.8 Å². The third kappa shape index (κ3) is 6.30. The molecule has 2 atom stereocenters. The summed E-state index contributed by atoms with van der Waals surface area (Å²) in [5.41, 5.74) is 0.969. The Balaban J connectivity index is 2.75. The van der Waals surface area contributed by atoms with E-state index in [1.807, 2.05) is 31.2 Å². The lowest BCUT2D eigenvalue weighted by molar-refractivity contribution is -0.130. The summed E-state index contributed by atoms with van der Waals surface area (Å²) in [6.45, 7) is 6.05. The molecular weight excluding hydrogens is 292 g/mol. The van der Waals surface area contributed by atoms with Gasteiger partial charge in [0.05, 0.1) is 7.11 Å². The van der Waals surface area contributed by atoms with Crippen LogP contribution in [0.15, 0.2) is 24.3 Å². The van der Waals surface area contributed by atoms with Crippen LogP contribution in [0.3, 0.4) is 0 Å². The molecule has 0 radical (unpaired) electrons. The van der Waals surface area contributed by atoms with E-state index < -0.39 is 6.04 Å². The first-order chi connectivity index (χ1) is 10.9. The van der Waals surface area contributed by atoms with Crippen LogP contribution < -0.4 is 15.4 Å². The second-order valence-electron chi connectivity index (χ2n) is 6.26. The first-order valence-electron chi connectivity index (χ1n) is 8.02. The van der Waals surface area contributed by atoms with Gasteiger partial charge in [-0.25, -0.2) is 0 Å². The van der Waals surface area contributed by atoms with Crippen LogP contribution in [0.1, 0.15) is 32.8 Å². The molecule has 5 heteroatoms. The Hall–Kier alpha value is -2.04. The second-order valence-corrected chi connectivity index (χ2v) is 6.26. The Kier molecular flexibility index (Phi) is 7.59. The van der Waals surface area contributed by atoms with Crippen LogP contribution in [-0.4, -0.2) is 32.0 Å². The third-order valence-electron chi connectivity index (χ3n) is 3.75. The maximum Gasteiger partial charge on any atom is 0.242 e. The Morgan fingerprint density at radius 1 is 1.09 bits per heavy atom. The highest BCUT2D eigenvalue weighted by Gasteiger charge is 2.23. The van der Waals surface area contributed by atoms with Crippen molar-refractivity contribution < 1.29 is 14.3 Å². The number of hydrogen-bond acceptors (Lipinski definition) is 3. The van der Waals surface area contributed by atoms with Crippen molar-refractivity contribution in [3.05, 3.63) is 29.8 Å². The summed E-state index contributed by atoms with van der Waals surface area (Å²) in [6.07, 6.45) is 1.25. The zero-order chi connectivity index (χ0) is 17.4. The van der Waals surface area contributed by atoms with Crippen molar-refractivity contribution in [2.75, 3.05) is 14.2 Å². The van der Waals surface area contributed by atoms with Crippen LogP contribution in [0.2, 0.25) is 0 Å². The number of benzene rings is 1. The number of amides is 2. The van der Waals surface area contributed by atoms with Crippen molar-refractivity contribution in [1.82, 2.24) is 10.6 Å². The summed E-state index contributed by atoms with van der Waals surface area (Å²) >= 11 is 0. The maximum atomic E-state index is 12.3. The minimum absolute atomic E-state index is 0.0826. The molecule has 1 rings (SSSR count). The SMILES string of the molecule is CNC(=O)C(Cc1ccc(OC)cc1)NC(=O)C(C)CC(C)C. The van der Waals surface area contributed by atoms with E-state index in [-0.39, 0.29) is 17.7 Å². The Labute approximate surface area is 138 Å². The summed E-state index contributed by atoms with van der Waals surface area (Å²) < 4.78 is 5.13. The van der Waals surface area contributed by atoms with Gasteiger partial charge in [0.25, 0.3) is 0 Å². The number of carbonyl (C=O) groups is 2. The van der Waals surface area contributed by atoms with Crippen molar-refractivity contribution in [3.8, 4) is 5.75 Å². The fourth-order valence-electron chi connectivity index (χ4n) is 2.51. The molecule has 0 bridgehead atoms. The second kappa shape index (κ2) is 9.18. The van der Waals surface area contributed by atoms with Crippen LogP contribution in [0, 0.1) is 11.8 Å². The monoisotopic (exact) mass is 320 g/mol. The van der Waals surface area contributed by atoms with E-state index in [9.17, 15) is 9.59 Å². The molecule has 1 aromatic carbocycles. The molecule has 0 aliphatic carbocycles. The van der Waals surface area contributed by atoms with E-state index in [2.05, 4.69) is 24.5 Å². The molecule has 0 aliphatic rings. The molecule has 0 aromatic heterocycles. The molecule has 0 aliphatic heterocycles. The zero-order valence-corrected chi connectivity index (χ0v) is 14.7. The molecule has 5 nitrogen and oxygen atoms in total. The smallest absolute Gasteiger partial charge is 0.242 e. The van der Waals surface area contributed by atoms with E-state index in [4.69, 9.17) is 4.74 Å². The minimum Gasteiger partial charge on any atom is -0.497 e. The van der Waals surface area contributed by atoms with E-state index in [0.29, 0.717) is 12.3 Å². The fraction of sp³-hybridized carbons (Fsp3) is 0.556. The molecule has 2 amide bonds. The highest BCUT2D eigenvalue weighted by Crippen LogP contribution is 2.14. The van der Waals surface area contributed by atoms with E-state index >= 15 is 0 Å². The highest BCUT2D eigenvalue weighted by atomic mass is 16.5. The van der Waals surface area contributed by atoms with E-state index in [1.165, 1.54) is 0 Å². The molecule has 1 aromatic rings. The molecule has 23 heavy (non-hydrogen) atoms. The Bertz CT molecular complexity index is 512. The van der Waals surface area contributed by atoms with Gasteiger partial charge in [-0.3, -0.25) is 9.59 Å². The maximum absolute atomic E-state index is 12.3. The van der Waals surface area contributed by atoms with Gasteiger partial charge in [-0.1, -0.05) is 32.9 Å². The van der Waals surface area contributed by atoms with E-state index in [1.54, 1.807) is 14.2 Å². The van der Waals surface area contributed by atoms with Crippen LogP contribution in [-0.2, 0) is 16.0 Å². The summed E-state index contributed by atoms with van der Waals surface area (Å²) in [4.78, 5) is 24.4. The van der Waals surface area contributed by atoms with Gasteiger partial charge in [-0.2, -0.15) is 0 Å². The summed E-state index contributed by atoms with van der Waals surface area (Å²) in [7, 11) is 3.19. The van der Waals surface area contributed by atoms with Crippen LogP contribution in [0.4, 0.5) is 0 Å². The molecule has 0 fully saturated rings. The van der Waals surface area contributed by atoms with Crippen LogP contribution >= 0.6 is 0 Å². The predicted octanol–water partition coefficient (Wildman–Crippen LogP) is 2.15. The van der Waals surface area contributed by atoms with Crippen molar-refractivity contribution >= 4 is 11.8 Å². The number of rotatable bonds is 8. The average Bonchev–Trinajstić information content (AvgIpc) is 2.53. The minimum atomic E-state index is -0.574. The van der Waals surface area contributed by atoms with Gasteiger partial charge in [0.15, 0.2) is 0 Å². The lowest BCUT2D eigenvalue weighted by Gasteiger charge is -2.21. The van der Waals surface area contributed by atoms with Crippen molar-refractivity contribution in [2.45, 2.75) is 39.7 Å². The first-order valence-corrected chi connectivity index (χ1v) is 8.02. The van der Waals surface area contributed by atoms with Crippen LogP contribution in [0.25, 0.3) is 0 Å². The molecule has 0 saturated heterocycles. The molecule has 128 valence electrons. The molecule has 2 unspecified atom stereocenters. The van der Waals surface area contributed by atoms with Gasteiger partial charge >= 0.3 is 0 Å². The third-order valence-corrected chi connectivity index (χ3v) is 3.75. The quantitative estimate of drug-likeness (QED) is 0.771. The zero-order valence-electron chi connectivity index (χ0n) is 14.7. The summed E-state index contributed by atoms with van der Waals surface area (Å²) in [5.74, 6) is 0.820. The first kappa shape index (κ1) is 19.0. The molecule has 0 heterocycles. The number of ether oxygens (including phenoxy) is 1. The number of hydrogen-bond donors (Lipinski definition) is 2. The van der Waals surface area contributed by atoms with Gasteiger partial charge in [-0.05, 0) is 30.0 Å². The fourth-order valence-corrected chi connectivity index (χ4v) is 2.51. The van der Waals surface area contributed by atoms with Gasteiger partial charge in [0, 0.05) is 19.4 Å². The van der Waals surface area contributed by atoms with Crippen molar-refractivity contribution in [2.24, 2.45) is 11.8 Å². The molecule has 2 N–H and O–H groups in total. The number of carbonyl (C=O) groups excluding carboxylic acids is 2. The average molecular weight is 320 g/mol. The molecular formula is C18H28N2O3. The van der Waals surface area contributed by atoms with E-state index in [0.717, 1.165) is 17.7 Å². The van der Waals surface area contributed by atoms with Gasteiger partial charge < -0.3 is 15.4 Å². The number of likely N-dealkylation sites (N-methyl/N-ethyl adjacent to an activating group) is 1. The largest absolute Gasteiger partial charge is 0.497 e. The van der Waals surface area contributed by atoms with Crippen LogP contribution in [0.5, 0.6) is 5.75 Å². The summed E-state index contributed by atoms with van der Waals surface area (Å²) in [6, 6.07) is 6.92. The van der Waals surface area contributed by atoms with Gasteiger partial charge in [-0.15, -0.1) is 0 Å². The predicted molar refractivity (Wildman–Crippen MR) is 91.3 cm³/mol. The Morgan fingerprint density at radius 3 is 2.17 bits per heavy atom. The lowest BCUT2D eigenvalue weighted by atomic mass is 9.97.